The molecule has 2 N–H and O–H groups in total. The zero-order chi connectivity index (χ0) is 17.9. The van der Waals surface area contributed by atoms with E-state index in [1.165, 1.54) is 24.3 Å². The van der Waals surface area contributed by atoms with Crippen LogP contribution in [-0.4, -0.2) is 22.1 Å². The van der Waals surface area contributed by atoms with Crippen molar-refractivity contribution >= 4 is 11.9 Å². The first kappa shape index (κ1) is 17.7. The van der Waals surface area contributed by atoms with E-state index >= 15 is 0 Å². The molecule has 7 heteroatoms. The lowest BCUT2D eigenvalue weighted by molar-refractivity contribution is -0.137. The van der Waals surface area contributed by atoms with Gasteiger partial charge < -0.3 is 14.9 Å². The summed E-state index contributed by atoms with van der Waals surface area (Å²) in [7, 11) is 0. The van der Waals surface area contributed by atoms with Crippen LogP contribution < -0.4 is 5.32 Å². The number of halogens is 1. The molecule has 1 aromatic carbocycles. The number of nitrogens with zero attached hydrogens (tertiary/aromatic N) is 1. The number of nitrogens with one attached hydrogen (secondary N) is 1. The van der Waals surface area contributed by atoms with E-state index in [2.05, 4.69) is 10.5 Å². The summed E-state index contributed by atoms with van der Waals surface area (Å²) in [5.41, 5.74) is 1.82. The molecule has 0 radical (unpaired) electrons. The highest BCUT2D eigenvalue weighted by molar-refractivity contribution is 5.84. The van der Waals surface area contributed by atoms with E-state index in [-0.39, 0.29) is 12.3 Å². The van der Waals surface area contributed by atoms with Gasteiger partial charge in [-0.2, -0.15) is 0 Å². The average molecular weight is 334 g/mol. The molecular weight excluding hydrogens is 315 g/mol. The molecule has 0 saturated heterocycles. The van der Waals surface area contributed by atoms with Gasteiger partial charge in [-0.1, -0.05) is 17.3 Å². The van der Waals surface area contributed by atoms with Crippen molar-refractivity contribution in [2.75, 3.05) is 0 Å². The quantitative estimate of drug-likeness (QED) is 0.847. The zero-order valence-electron chi connectivity index (χ0n) is 13.7. The number of aliphatic carboxylic acids is 1. The molecule has 24 heavy (non-hydrogen) atoms. The van der Waals surface area contributed by atoms with Crippen molar-refractivity contribution in [3.63, 3.8) is 0 Å². The number of carbonyl (C=O) groups is 2. The molecule has 1 heterocycles. The molecule has 1 amide bonds. The predicted octanol–water partition coefficient (Wildman–Crippen LogP) is 2.87. The van der Waals surface area contributed by atoms with Crippen molar-refractivity contribution in [2.24, 2.45) is 0 Å². The van der Waals surface area contributed by atoms with E-state index in [1.807, 2.05) is 0 Å². The summed E-state index contributed by atoms with van der Waals surface area (Å²) in [6.45, 7) is 5.16. The Labute approximate surface area is 138 Å². The van der Waals surface area contributed by atoms with Crippen LogP contribution in [-0.2, 0) is 9.59 Å². The maximum absolute atomic E-state index is 13.1. The van der Waals surface area contributed by atoms with Gasteiger partial charge in [-0.3, -0.25) is 9.59 Å². The number of aryl methyl sites for hydroxylation is 2. The minimum Gasteiger partial charge on any atom is -0.481 e. The Morgan fingerprint density at radius 1 is 1.29 bits per heavy atom. The van der Waals surface area contributed by atoms with Gasteiger partial charge in [0, 0.05) is 5.56 Å². The Morgan fingerprint density at radius 2 is 1.92 bits per heavy atom. The first-order valence-corrected chi connectivity index (χ1v) is 7.50. The Bertz CT molecular complexity index is 720. The molecule has 0 fully saturated rings. The molecule has 0 aliphatic heterocycles. The summed E-state index contributed by atoms with van der Waals surface area (Å²) < 4.78 is 18.1. The third-order valence-corrected chi connectivity index (χ3v) is 3.88. The molecule has 0 aliphatic carbocycles. The summed E-state index contributed by atoms with van der Waals surface area (Å²) in [4.78, 5) is 23.6. The fourth-order valence-corrected chi connectivity index (χ4v) is 2.66. The molecule has 128 valence electrons. The summed E-state index contributed by atoms with van der Waals surface area (Å²) in [5.74, 6) is -1.84. The highest BCUT2D eigenvalue weighted by Crippen LogP contribution is 2.25. The molecule has 1 aromatic heterocycles. The van der Waals surface area contributed by atoms with Crippen LogP contribution >= 0.6 is 0 Å². The van der Waals surface area contributed by atoms with E-state index in [1.54, 1.807) is 20.8 Å². The van der Waals surface area contributed by atoms with E-state index < -0.39 is 23.7 Å². The van der Waals surface area contributed by atoms with Gasteiger partial charge in [0.05, 0.1) is 24.1 Å². The SMILES string of the molecule is Cc1noc(C)c1[C@@H](C)C(=O)N[C@@H](CC(=O)O)c1ccc(F)cc1. The molecule has 0 saturated carbocycles. The van der Waals surface area contributed by atoms with Gasteiger partial charge in [-0.15, -0.1) is 0 Å². The van der Waals surface area contributed by atoms with Crippen molar-refractivity contribution in [2.45, 2.75) is 39.2 Å². The summed E-state index contributed by atoms with van der Waals surface area (Å²) in [6.07, 6.45) is -0.300. The minimum absolute atomic E-state index is 0.300. The smallest absolute Gasteiger partial charge is 0.305 e. The number of carbonyl (C=O) groups excluding carboxylic acids is 1. The topological polar surface area (TPSA) is 92.4 Å². The van der Waals surface area contributed by atoms with Crippen molar-refractivity contribution in [3.8, 4) is 0 Å². The lowest BCUT2D eigenvalue weighted by atomic mass is 9.97. The van der Waals surface area contributed by atoms with Crippen LogP contribution in [0.4, 0.5) is 4.39 Å². The van der Waals surface area contributed by atoms with Gasteiger partial charge in [-0.25, -0.2) is 4.39 Å². The van der Waals surface area contributed by atoms with Gasteiger partial charge >= 0.3 is 5.97 Å². The van der Waals surface area contributed by atoms with Crippen LogP contribution in [0.5, 0.6) is 0 Å². The van der Waals surface area contributed by atoms with Crippen molar-refractivity contribution in [1.82, 2.24) is 10.5 Å². The number of hydrogen-bond donors (Lipinski definition) is 2. The lowest BCUT2D eigenvalue weighted by Crippen LogP contribution is -2.33. The van der Waals surface area contributed by atoms with Crippen LogP contribution in [0, 0.1) is 19.7 Å². The van der Waals surface area contributed by atoms with Gasteiger partial charge in [-0.05, 0) is 38.5 Å². The fourth-order valence-electron chi connectivity index (χ4n) is 2.66. The largest absolute Gasteiger partial charge is 0.481 e. The summed E-state index contributed by atoms with van der Waals surface area (Å²) in [6, 6.07) is 4.63. The van der Waals surface area contributed by atoms with E-state index in [0.717, 1.165) is 0 Å². The maximum Gasteiger partial charge on any atom is 0.305 e. The number of carboxylic acid groups (broad SMARTS) is 1. The molecule has 2 atom stereocenters. The van der Waals surface area contributed by atoms with Gasteiger partial charge in [0.1, 0.15) is 11.6 Å². The maximum atomic E-state index is 13.1. The van der Waals surface area contributed by atoms with E-state index in [4.69, 9.17) is 9.63 Å². The second kappa shape index (κ2) is 7.25. The standard InChI is InChI=1S/C17H19FN2O4/c1-9(16-10(2)20-24-11(16)3)17(23)19-14(8-15(21)22)12-4-6-13(18)7-5-12/h4-7,9,14H,8H2,1-3H3,(H,19,23)(H,21,22)/t9-,14+/m1/s1. The van der Waals surface area contributed by atoms with E-state index in [9.17, 15) is 14.0 Å². The van der Waals surface area contributed by atoms with Crippen LogP contribution in [0.1, 0.15) is 47.9 Å². The monoisotopic (exact) mass is 334 g/mol. The number of benzene rings is 1. The minimum atomic E-state index is -1.06. The van der Waals surface area contributed by atoms with Gasteiger partial charge in [0.15, 0.2) is 0 Å². The second-order valence-electron chi connectivity index (χ2n) is 5.67. The number of rotatable bonds is 6. The second-order valence-corrected chi connectivity index (χ2v) is 5.67. The Hall–Kier alpha value is -2.70. The molecule has 2 rings (SSSR count). The van der Waals surface area contributed by atoms with Gasteiger partial charge in [0.2, 0.25) is 5.91 Å². The average Bonchev–Trinajstić information content (AvgIpc) is 2.85. The number of hydrogen-bond acceptors (Lipinski definition) is 4. The Morgan fingerprint density at radius 3 is 2.42 bits per heavy atom. The van der Waals surface area contributed by atoms with Crippen molar-refractivity contribution in [1.29, 1.82) is 0 Å². The Balaban J connectivity index is 2.21. The van der Waals surface area contributed by atoms with Crippen molar-refractivity contribution < 1.29 is 23.6 Å². The third kappa shape index (κ3) is 3.98. The third-order valence-electron chi connectivity index (χ3n) is 3.88. The number of aromatic nitrogens is 1. The van der Waals surface area contributed by atoms with E-state index in [0.29, 0.717) is 22.6 Å². The highest BCUT2D eigenvalue weighted by Gasteiger charge is 2.26. The fraction of sp³-hybridized carbons (Fsp3) is 0.353. The van der Waals surface area contributed by atoms with Crippen LogP contribution in [0.3, 0.4) is 0 Å². The molecule has 0 bridgehead atoms. The summed E-state index contributed by atoms with van der Waals surface area (Å²) >= 11 is 0. The van der Waals surface area contributed by atoms with Gasteiger partial charge in [0.25, 0.3) is 0 Å². The first-order valence-electron chi connectivity index (χ1n) is 7.50. The van der Waals surface area contributed by atoms with Crippen molar-refractivity contribution in [3.05, 3.63) is 52.7 Å². The van der Waals surface area contributed by atoms with Crippen LogP contribution in [0.15, 0.2) is 28.8 Å². The lowest BCUT2D eigenvalue weighted by Gasteiger charge is -2.20. The molecule has 6 nitrogen and oxygen atoms in total. The Kier molecular flexibility index (Phi) is 5.33. The molecule has 0 spiro atoms. The predicted molar refractivity (Wildman–Crippen MR) is 83.9 cm³/mol. The molecule has 0 unspecified atom stereocenters. The molecular formula is C17H19FN2O4. The van der Waals surface area contributed by atoms with Crippen LogP contribution in [0.25, 0.3) is 0 Å². The number of amides is 1. The molecule has 2 aromatic rings. The normalized spacial score (nSPS) is 13.3. The number of carboxylic acids is 1. The van der Waals surface area contributed by atoms with Crippen LogP contribution in [0.2, 0.25) is 0 Å². The highest BCUT2D eigenvalue weighted by atomic mass is 19.1. The molecule has 0 aliphatic rings. The summed E-state index contributed by atoms with van der Waals surface area (Å²) in [5, 5.41) is 15.6. The zero-order valence-corrected chi connectivity index (χ0v) is 13.7. The first-order chi connectivity index (χ1) is 11.3.